The standard InChI is InChI=1S/C10H24N2O/c1-2-12(9-10-13)8-6-4-3-5-7-11/h13H,2-11H2,1H3. The van der Waals surface area contributed by atoms with E-state index in [2.05, 4.69) is 11.8 Å². The fraction of sp³-hybridized carbons (Fsp3) is 1.00. The minimum absolute atomic E-state index is 0.274. The van der Waals surface area contributed by atoms with Crippen LogP contribution >= 0.6 is 0 Å². The van der Waals surface area contributed by atoms with Crippen molar-refractivity contribution in [3.8, 4) is 0 Å². The van der Waals surface area contributed by atoms with Crippen molar-refractivity contribution >= 4 is 0 Å². The Morgan fingerprint density at radius 1 is 1.08 bits per heavy atom. The number of hydrogen-bond donors (Lipinski definition) is 2. The molecular formula is C10H24N2O. The van der Waals surface area contributed by atoms with Crippen LogP contribution in [0.1, 0.15) is 32.6 Å². The highest BCUT2D eigenvalue weighted by atomic mass is 16.3. The Labute approximate surface area is 81.9 Å². The van der Waals surface area contributed by atoms with E-state index >= 15 is 0 Å². The van der Waals surface area contributed by atoms with Gasteiger partial charge in [0, 0.05) is 6.54 Å². The molecule has 0 aliphatic rings. The number of aliphatic hydroxyl groups excluding tert-OH is 1. The van der Waals surface area contributed by atoms with Crippen LogP contribution < -0.4 is 5.73 Å². The van der Waals surface area contributed by atoms with Gasteiger partial charge in [-0.05, 0) is 32.5 Å². The largest absolute Gasteiger partial charge is 0.395 e. The van der Waals surface area contributed by atoms with E-state index in [4.69, 9.17) is 10.8 Å². The van der Waals surface area contributed by atoms with E-state index in [0.717, 1.165) is 32.6 Å². The molecule has 0 saturated carbocycles. The molecule has 13 heavy (non-hydrogen) atoms. The molecule has 0 aliphatic heterocycles. The number of hydrogen-bond acceptors (Lipinski definition) is 3. The van der Waals surface area contributed by atoms with Crippen LogP contribution in [-0.4, -0.2) is 42.8 Å². The van der Waals surface area contributed by atoms with E-state index in [1.165, 1.54) is 19.3 Å². The van der Waals surface area contributed by atoms with E-state index in [-0.39, 0.29) is 6.61 Å². The molecule has 0 unspecified atom stereocenters. The topological polar surface area (TPSA) is 49.5 Å². The quantitative estimate of drug-likeness (QED) is 0.527. The number of nitrogens with two attached hydrogens (primary N) is 1. The molecule has 0 rings (SSSR count). The SMILES string of the molecule is CCN(CCO)CCCCCCN. The molecule has 0 spiro atoms. The molecule has 80 valence electrons. The summed E-state index contributed by atoms with van der Waals surface area (Å²) in [4.78, 5) is 2.28. The van der Waals surface area contributed by atoms with E-state index in [0.29, 0.717) is 0 Å². The van der Waals surface area contributed by atoms with Crippen LogP contribution in [-0.2, 0) is 0 Å². The minimum Gasteiger partial charge on any atom is -0.395 e. The van der Waals surface area contributed by atoms with Crippen molar-refractivity contribution < 1.29 is 5.11 Å². The van der Waals surface area contributed by atoms with Gasteiger partial charge < -0.3 is 15.7 Å². The van der Waals surface area contributed by atoms with E-state index in [9.17, 15) is 0 Å². The Morgan fingerprint density at radius 2 is 1.77 bits per heavy atom. The fourth-order valence-corrected chi connectivity index (χ4v) is 1.40. The second-order valence-corrected chi connectivity index (χ2v) is 3.36. The Bertz CT molecular complexity index is 98.9. The zero-order valence-electron chi connectivity index (χ0n) is 8.84. The summed E-state index contributed by atoms with van der Waals surface area (Å²) in [6, 6.07) is 0. The summed E-state index contributed by atoms with van der Waals surface area (Å²) >= 11 is 0. The molecule has 3 nitrogen and oxygen atoms in total. The molecule has 0 aliphatic carbocycles. The van der Waals surface area contributed by atoms with Gasteiger partial charge in [0.1, 0.15) is 0 Å². The lowest BCUT2D eigenvalue weighted by molar-refractivity contribution is 0.199. The highest BCUT2D eigenvalue weighted by Gasteiger charge is 1.99. The summed E-state index contributed by atoms with van der Waals surface area (Å²) in [7, 11) is 0. The second kappa shape index (κ2) is 9.96. The van der Waals surface area contributed by atoms with Crippen molar-refractivity contribution in [3.63, 3.8) is 0 Å². The van der Waals surface area contributed by atoms with Crippen LogP contribution in [0, 0.1) is 0 Å². The van der Waals surface area contributed by atoms with Gasteiger partial charge >= 0.3 is 0 Å². The predicted molar refractivity (Wildman–Crippen MR) is 56.7 cm³/mol. The zero-order chi connectivity index (χ0) is 9.94. The molecule has 0 radical (unpaired) electrons. The average Bonchev–Trinajstić information content (AvgIpc) is 2.16. The van der Waals surface area contributed by atoms with Gasteiger partial charge in [-0.1, -0.05) is 19.8 Å². The van der Waals surface area contributed by atoms with Crippen molar-refractivity contribution in [3.05, 3.63) is 0 Å². The number of unbranched alkanes of at least 4 members (excludes halogenated alkanes) is 3. The summed E-state index contributed by atoms with van der Waals surface area (Å²) in [5, 5.41) is 8.75. The monoisotopic (exact) mass is 188 g/mol. The maximum atomic E-state index is 8.75. The molecule has 0 amide bonds. The molecule has 0 aromatic heterocycles. The molecule has 0 fully saturated rings. The van der Waals surface area contributed by atoms with Crippen molar-refractivity contribution in [1.82, 2.24) is 4.90 Å². The first-order chi connectivity index (χ1) is 6.35. The lowest BCUT2D eigenvalue weighted by Crippen LogP contribution is -2.27. The highest BCUT2D eigenvalue weighted by Crippen LogP contribution is 2.00. The molecule has 0 aromatic carbocycles. The Balaban J connectivity index is 3.17. The van der Waals surface area contributed by atoms with Gasteiger partial charge in [-0.2, -0.15) is 0 Å². The van der Waals surface area contributed by atoms with Crippen LogP contribution in [0.4, 0.5) is 0 Å². The highest BCUT2D eigenvalue weighted by molar-refractivity contribution is 4.54. The van der Waals surface area contributed by atoms with Crippen LogP contribution in [0.2, 0.25) is 0 Å². The van der Waals surface area contributed by atoms with Gasteiger partial charge in [0.25, 0.3) is 0 Å². The van der Waals surface area contributed by atoms with E-state index < -0.39 is 0 Å². The van der Waals surface area contributed by atoms with Crippen molar-refractivity contribution in [2.45, 2.75) is 32.6 Å². The molecule has 0 aromatic rings. The van der Waals surface area contributed by atoms with E-state index in [1.807, 2.05) is 0 Å². The van der Waals surface area contributed by atoms with Crippen LogP contribution in [0.25, 0.3) is 0 Å². The second-order valence-electron chi connectivity index (χ2n) is 3.36. The van der Waals surface area contributed by atoms with Crippen LogP contribution in [0.15, 0.2) is 0 Å². The summed E-state index contributed by atoms with van der Waals surface area (Å²) in [5.74, 6) is 0. The third-order valence-electron chi connectivity index (χ3n) is 2.29. The normalized spacial score (nSPS) is 11.1. The third kappa shape index (κ3) is 8.22. The van der Waals surface area contributed by atoms with Crippen molar-refractivity contribution in [1.29, 1.82) is 0 Å². The van der Waals surface area contributed by atoms with Crippen LogP contribution in [0.5, 0.6) is 0 Å². The molecule has 0 atom stereocenters. The van der Waals surface area contributed by atoms with E-state index in [1.54, 1.807) is 0 Å². The Morgan fingerprint density at radius 3 is 2.31 bits per heavy atom. The third-order valence-corrected chi connectivity index (χ3v) is 2.29. The molecule has 3 heteroatoms. The summed E-state index contributed by atoms with van der Waals surface area (Å²) in [6.07, 6.45) is 4.88. The van der Waals surface area contributed by atoms with Gasteiger partial charge in [-0.3, -0.25) is 0 Å². The van der Waals surface area contributed by atoms with Gasteiger partial charge in [0.15, 0.2) is 0 Å². The van der Waals surface area contributed by atoms with Gasteiger partial charge in [-0.15, -0.1) is 0 Å². The maximum Gasteiger partial charge on any atom is 0.0558 e. The molecule has 0 heterocycles. The van der Waals surface area contributed by atoms with Gasteiger partial charge in [0.05, 0.1) is 6.61 Å². The summed E-state index contributed by atoms with van der Waals surface area (Å²) < 4.78 is 0. The molecule has 3 N–H and O–H groups in total. The number of likely N-dealkylation sites (N-methyl/N-ethyl adjacent to an activating group) is 1. The number of nitrogens with zero attached hydrogens (tertiary/aromatic N) is 1. The number of rotatable bonds is 9. The lowest BCUT2D eigenvalue weighted by Gasteiger charge is -2.18. The first-order valence-corrected chi connectivity index (χ1v) is 5.38. The minimum atomic E-state index is 0.274. The smallest absolute Gasteiger partial charge is 0.0558 e. The van der Waals surface area contributed by atoms with Crippen molar-refractivity contribution in [2.24, 2.45) is 5.73 Å². The van der Waals surface area contributed by atoms with Crippen LogP contribution in [0.3, 0.4) is 0 Å². The van der Waals surface area contributed by atoms with Gasteiger partial charge in [-0.25, -0.2) is 0 Å². The zero-order valence-corrected chi connectivity index (χ0v) is 8.84. The Kier molecular flexibility index (Phi) is 9.87. The number of aliphatic hydroxyl groups is 1. The Hall–Kier alpha value is -0.120. The lowest BCUT2D eigenvalue weighted by atomic mass is 10.2. The first-order valence-electron chi connectivity index (χ1n) is 5.38. The molecule has 0 saturated heterocycles. The first kappa shape index (κ1) is 12.9. The molecule has 0 bridgehead atoms. The fourth-order valence-electron chi connectivity index (χ4n) is 1.40. The predicted octanol–water partition coefficient (Wildman–Crippen LogP) is 0.820. The summed E-state index contributed by atoms with van der Waals surface area (Å²) in [6.45, 7) is 6.19. The van der Waals surface area contributed by atoms with Gasteiger partial charge in [0.2, 0.25) is 0 Å². The maximum absolute atomic E-state index is 8.75. The molecular weight excluding hydrogens is 164 g/mol. The average molecular weight is 188 g/mol. The summed E-state index contributed by atoms with van der Waals surface area (Å²) in [5.41, 5.74) is 5.40. The van der Waals surface area contributed by atoms with Crippen molar-refractivity contribution in [2.75, 3.05) is 32.8 Å².